The molecular formula is C19H27N3O5. The second-order valence-electron chi connectivity index (χ2n) is 7.26. The summed E-state index contributed by atoms with van der Waals surface area (Å²) < 4.78 is 10.3. The second kappa shape index (κ2) is 8.75. The molecule has 0 spiro atoms. The van der Waals surface area contributed by atoms with Crippen LogP contribution in [0.15, 0.2) is 24.3 Å². The first-order valence-electron chi connectivity index (χ1n) is 8.87. The average molecular weight is 377 g/mol. The lowest BCUT2D eigenvalue weighted by molar-refractivity contribution is -0.131. The number of benzene rings is 1. The van der Waals surface area contributed by atoms with E-state index >= 15 is 0 Å². The van der Waals surface area contributed by atoms with E-state index in [-0.39, 0.29) is 18.4 Å². The molecule has 1 aromatic carbocycles. The topological polar surface area (TPSA) is 88.2 Å². The molecule has 0 aliphatic carbocycles. The highest BCUT2D eigenvalue weighted by Gasteiger charge is 2.25. The second-order valence-corrected chi connectivity index (χ2v) is 7.26. The fraction of sp³-hybridized carbons (Fsp3) is 0.526. The van der Waals surface area contributed by atoms with E-state index in [1.54, 1.807) is 61.9 Å². The fourth-order valence-corrected chi connectivity index (χ4v) is 2.67. The summed E-state index contributed by atoms with van der Waals surface area (Å²) in [5.41, 5.74) is -0.0556. The van der Waals surface area contributed by atoms with Crippen molar-refractivity contribution < 1.29 is 23.9 Å². The molecule has 1 heterocycles. The van der Waals surface area contributed by atoms with Gasteiger partial charge in [-0.3, -0.25) is 9.59 Å². The zero-order valence-electron chi connectivity index (χ0n) is 16.3. The Morgan fingerprint density at radius 2 is 1.70 bits per heavy atom. The maximum atomic E-state index is 12.6. The first-order chi connectivity index (χ1) is 12.7. The van der Waals surface area contributed by atoms with Crippen molar-refractivity contribution in [3.05, 3.63) is 29.8 Å². The van der Waals surface area contributed by atoms with Gasteiger partial charge in [-0.1, -0.05) is 6.07 Å². The molecule has 1 aliphatic rings. The average Bonchev–Trinajstić information content (AvgIpc) is 2.64. The van der Waals surface area contributed by atoms with Gasteiger partial charge in [0.1, 0.15) is 17.9 Å². The summed E-state index contributed by atoms with van der Waals surface area (Å²) in [6.45, 7) is 6.86. The first kappa shape index (κ1) is 20.5. The van der Waals surface area contributed by atoms with Crippen LogP contribution < -0.4 is 10.1 Å². The van der Waals surface area contributed by atoms with Gasteiger partial charge in [-0.05, 0) is 39.0 Å². The van der Waals surface area contributed by atoms with Crippen LogP contribution in [-0.4, -0.2) is 73.1 Å². The molecule has 0 unspecified atom stereocenters. The molecule has 0 atom stereocenters. The number of hydrogen-bond donors (Lipinski definition) is 1. The van der Waals surface area contributed by atoms with Gasteiger partial charge in [0.05, 0.1) is 7.11 Å². The molecule has 1 aromatic rings. The van der Waals surface area contributed by atoms with Crippen LogP contribution in [-0.2, 0) is 9.53 Å². The molecule has 0 saturated carbocycles. The Morgan fingerprint density at radius 1 is 1.07 bits per heavy atom. The number of nitrogens with one attached hydrogen (secondary N) is 1. The van der Waals surface area contributed by atoms with E-state index in [9.17, 15) is 14.4 Å². The van der Waals surface area contributed by atoms with E-state index in [1.807, 2.05) is 0 Å². The van der Waals surface area contributed by atoms with Gasteiger partial charge in [-0.25, -0.2) is 4.79 Å². The van der Waals surface area contributed by atoms with E-state index in [2.05, 4.69) is 5.32 Å². The van der Waals surface area contributed by atoms with Gasteiger partial charge in [-0.15, -0.1) is 0 Å². The van der Waals surface area contributed by atoms with Crippen molar-refractivity contribution in [1.82, 2.24) is 15.1 Å². The predicted octanol–water partition coefficient (Wildman–Crippen LogP) is 1.50. The molecule has 0 aromatic heterocycles. The molecule has 1 aliphatic heterocycles. The molecule has 1 fully saturated rings. The van der Waals surface area contributed by atoms with Crippen molar-refractivity contribution >= 4 is 17.9 Å². The number of carbonyl (C=O) groups excluding carboxylic acids is 3. The van der Waals surface area contributed by atoms with Crippen LogP contribution >= 0.6 is 0 Å². The Balaban J connectivity index is 1.81. The van der Waals surface area contributed by atoms with Crippen LogP contribution in [0.25, 0.3) is 0 Å². The maximum absolute atomic E-state index is 12.6. The van der Waals surface area contributed by atoms with Gasteiger partial charge >= 0.3 is 6.09 Å². The van der Waals surface area contributed by atoms with E-state index in [0.717, 1.165) is 0 Å². The SMILES string of the molecule is COc1cccc(C(=O)N2CCN(C(=O)CNC(=O)OC(C)(C)C)CC2)c1. The van der Waals surface area contributed by atoms with Gasteiger partial charge in [0, 0.05) is 31.7 Å². The molecule has 0 bridgehead atoms. The minimum absolute atomic E-state index is 0.0899. The van der Waals surface area contributed by atoms with E-state index in [0.29, 0.717) is 37.5 Å². The minimum Gasteiger partial charge on any atom is -0.497 e. The number of alkyl carbamates (subject to hydrolysis) is 1. The lowest BCUT2D eigenvalue weighted by Gasteiger charge is -2.35. The lowest BCUT2D eigenvalue weighted by Crippen LogP contribution is -2.52. The predicted molar refractivity (Wildman–Crippen MR) is 99.7 cm³/mol. The van der Waals surface area contributed by atoms with Crippen LogP contribution in [0, 0.1) is 0 Å². The molecule has 8 nitrogen and oxygen atoms in total. The maximum Gasteiger partial charge on any atom is 0.408 e. The van der Waals surface area contributed by atoms with Gasteiger partial charge in [0.25, 0.3) is 5.91 Å². The highest BCUT2D eigenvalue weighted by molar-refractivity contribution is 5.94. The smallest absolute Gasteiger partial charge is 0.408 e. The van der Waals surface area contributed by atoms with Gasteiger partial charge in [-0.2, -0.15) is 0 Å². The summed E-state index contributed by atoms with van der Waals surface area (Å²) >= 11 is 0. The van der Waals surface area contributed by atoms with Crippen LogP contribution in [0.3, 0.4) is 0 Å². The first-order valence-corrected chi connectivity index (χ1v) is 8.87. The zero-order chi connectivity index (χ0) is 20.0. The number of rotatable bonds is 4. The van der Waals surface area contributed by atoms with Crippen molar-refractivity contribution in [3.63, 3.8) is 0 Å². The Morgan fingerprint density at radius 3 is 2.30 bits per heavy atom. The third-order valence-electron chi connectivity index (χ3n) is 4.02. The highest BCUT2D eigenvalue weighted by Crippen LogP contribution is 2.15. The van der Waals surface area contributed by atoms with Gasteiger partial charge < -0.3 is 24.6 Å². The number of piperazine rings is 1. The number of nitrogens with zero attached hydrogens (tertiary/aromatic N) is 2. The van der Waals surface area contributed by atoms with Crippen molar-refractivity contribution in [2.75, 3.05) is 39.8 Å². The van der Waals surface area contributed by atoms with Crippen molar-refractivity contribution in [2.45, 2.75) is 26.4 Å². The summed E-state index contributed by atoms with van der Waals surface area (Å²) in [7, 11) is 1.55. The quantitative estimate of drug-likeness (QED) is 0.859. The Bertz CT molecular complexity index is 691. The fourth-order valence-electron chi connectivity index (χ4n) is 2.67. The molecule has 8 heteroatoms. The summed E-state index contributed by atoms with van der Waals surface area (Å²) in [5, 5.41) is 2.46. The Labute approximate surface area is 159 Å². The highest BCUT2D eigenvalue weighted by atomic mass is 16.6. The van der Waals surface area contributed by atoms with E-state index in [4.69, 9.17) is 9.47 Å². The van der Waals surface area contributed by atoms with Crippen LogP contribution in [0.2, 0.25) is 0 Å². The normalized spacial score (nSPS) is 14.5. The van der Waals surface area contributed by atoms with Crippen LogP contribution in [0.5, 0.6) is 5.75 Å². The molecule has 2 rings (SSSR count). The minimum atomic E-state index is -0.623. The van der Waals surface area contributed by atoms with Crippen molar-refractivity contribution in [1.29, 1.82) is 0 Å². The third-order valence-corrected chi connectivity index (χ3v) is 4.02. The molecule has 1 saturated heterocycles. The Kier molecular flexibility index (Phi) is 6.65. The number of carbonyl (C=O) groups is 3. The zero-order valence-corrected chi connectivity index (χ0v) is 16.3. The third kappa shape index (κ3) is 6.16. The molecule has 1 N–H and O–H groups in total. The summed E-state index contributed by atoms with van der Waals surface area (Å²) in [5.74, 6) is 0.338. The van der Waals surface area contributed by atoms with Gasteiger partial charge in [0.2, 0.25) is 5.91 Å². The van der Waals surface area contributed by atoms with Crippen LogP contribution in [0.1, 0.15) is 31.1 Å². The summed E-state index contributed by atoms with van der Waals surface area (Å²) in [4.78, 5) is 39.8. The van der Waals surface area contributed by atoms with E-state index < -0.39 is 11.7 Å². The summed E-state index contributed by atoms with van der Waals surface area (Å²) in [6, 6.07) is 7.00. The van der Waals surface area contributed by atoms with Gasteiger partial charge in [0.15, 0.2) is 0 Å². The monoisotopic (exact) mass is 377 g/mol. The molecule has 0 radical (unpaired) electrons. The van der Waals surface area contributed by atoms with Crippen LogP contribution in [0.4, 0.5) is 4.79 Å². The molecular weight excluding hydrogens is 350 g/mol. The number of methoxy groups -OCH3 is 1. The number of hydrogen-bond acceptors (Lipinski definition) is 5. The van der Waals surface area contributed by atoms with E-state index in [1.165, 1.54) is 0 Å². The standard InChI is InChI=1S/C19H27N3O5/c1-19(2,3)27-18(25)20-13-16(23)21-8-10-22(11-9-21)17(24)14-6-5-7-15(12-14)26-4/h5-7,12H,8-11,13H2,1-4H3,(H,20,25). The van der Waals surface area contributed by atoms with Crippen molar-refractivity contribution in [2.24, 2.45) is 0 Å². The largest absolute Gasteiger partial charge is 0.497 e. The molecule has 148 valence electrons. The summed E-state index contributed by atoms with van der Waals surface area (Å²) in [6.07, 6.45) is -0.623. The lowest BCUT2D eigenvalue weighted by atomic mass is 10.1. The number of ether oxygens (including phenoxy) is 2. The van der Waals surface area contributed by atoms with Crippen molar-refractivity contribution in [3.8, 4) is 5.75 Å². The molecule has 27 heavy (non-hydrogen) atoms. The Hall–Kier alpha value is -2.77. The molecule has 3 amide bonds. The number of amides is 3.